The summed E-state index contributed by atoms with van der Waals surface area (Å²) in [5.41, 5.74) is 0.844. The highest BCUT2D eigenvalue weighted by atomic mass is 19.3. The highest BCUT2D eigenvalue weighted by molar-refractivity contribution is 5.61. The van der Waals surface area contributed by atoms with Gasteiger partial charge in [-0.15, -0.1) is 0 Å². The molecule has 1 aromatic heterocycles. The summed E-state index contributed by atoms with van der Waals surface area (Å²) in [7, 11) is 3.32. The number of rotatable bonds is 5. The van der Waals surface area contributed by atoms with E-state index in [1.165, 1.54) is 4.90 Å². The molecule has 0 fully saturated rings. The van der Waals surface area contributed by atoms with E-state index < -0.39 is 6.43 Å². The van der Waals surface area contributed by atoms with Gasteiger partial charge in [0.15, 0.2) is 5.82 Å². The van der Waals surface area contributed by atoms with Crippen molar-refractivity contribution in [1.29, 1.82) is 0 Å². The fraction of sp³-hybridized carbons (Fsp3) is 0.286. The van der Waals surface area contributed by atoms with Gasteiger partial charge in [-0.2, -0.15) is 0 Å². The molecule has 0 radical (unpaired) electrons. The minimum Gasteiger partial charge on any atom is -0.373 e. The Morgan fingerprint density at radius 1 is 1.20 bits per heavy atom. The number of hydrogen-bond donors (Lipinski definition) is 1. The lowest BCUT2D eigenvalue weighted by atomic mass is 10.2. The monoisotopic (exact) mass is 278 g/mol. The number of alkyl halides is 2. The smallest absolute Gasteiger partial charge is 0.255 e. The van der Waals surface area contributed by atoms with Crippen LogP contribution < -0.4 is 10.2 Å². The van der Waals surface area contributed by atoms with Gasteiger partial charge in [0.05, 0.1) is 6.54 Å². The van der Waals surface area contributed by atoms with Crippen LogP contribution in [0, 0.1) is 0 Å². The van der Waals surface area contributed by atoms with Crippen LogP contribution in [0.5, 0.6) is 0 Å². The van der Waals surface area contributed by atoms with Gasteiger partial charge in [0, 0.05) is 25.7 Å². The topological polar surface area (TPSA) is 41.0 Å². The van der Waals surface area contributed by atoms with Gasteiger partial charge in [0.2, 0.25) is 0 Å². The Balaban J connectivity index is 2.39. The molecule has 2 aromatic rings. The molecule has 106 valence electrons. The molecule has 0 aliphatic carbocycles. The van der Waals surface area contributed by atoms with E-state index in [4.69, 9.17) is 0 Å². The first kappa shape index (κ1) is 14.2. The third-order valence-electron chi connectivity index (χ3n) is 2.80. The average molecular weight is 278 g/mol. The lowest BCUT2D eigenvalue weighted by Gasteiger charge is -2.19. The van der Waals surface area contributed by atoms with Crippen LogP contribution in [0.25, 0.3) is 11.4 Å². The van der Waals surface area contributed by atoms with Crippen molar-refractivity contribution in [2.75, 3.05) is 30.9 Å². The van der Waals surface area contributed by atoms with Crippen molar-refractivity contribution in [2.24, 2.45) is 0 Å². The molecule has 0 atom stereocenters. The first-order chi connectivity index (χ1) is 9.60. The van der Waals surface area contributed by atoms with Crippen LogP contribution in [-0.2, 0) is 0 Å². The Morgan fingerprint density at radius 2 is 1.90 bits per heavy atom. The molecule has 4 nitrogen and oxygen atoms in total. The van der Waals surface area contributed by atoms with Gasteiger partial charge < -0.3 is 10.2 Å². The minimum atomic E-state index is -2.41. The van der Waals surface area contributed by atoms with Crippen LogP contribution in [0.2, 0.25) is 0 Å². The van der Waals surface area contributed by atoms with Crippen molar-refractivity contribution in [1.82, 2.24) is 9.97 Å². The maximum Gasteiger partial charge on any atom is 0.255 e. The van der Waals surface area contributed by atoms with Crippen LogP contribution in [0.1, 0.15) is 0 Å². The standard InChI is InChI=1S/C14H16F2N4/c1-17-12-8-13(20(2)9-11(15)16)19-14(18-12)10-6-4-3-5-7-10/h3-8,11H,9H2,1-2H3,(H,17,18,19). The molecule has 6 heteroatoms. The van der Waals surface area contributed by atoms with Crippen molar-refractivity contribution < 1.29 is 8.78 Å². The average Bonchev–Trinajstić information content (AvgIpc) is 2.47. The third kappa shape index (κ3) is 3.40. The van der Waals surface area contributed by atoms with E-state index in [-0.39, 0.29) is 6.54 Å². The lowest BCUT2D eigenvalue weighted by molar-refractivity contribution is 0.156. The molecule has 0 bridgehead atoms. The van der Waals surface area contributed by atoms with Gasteiger partial charge in [0.25, 0.3) is 6.43 Å². The fourth-order valence-corrected chi connectivity index (χ4v) is 1.77. The van der Waals surface area contributed by atoms with E-state index in [9.17, 15) is 8.78 Å². The second-order valence-electron chi connectivity index (χ2n) is 4.32. The molecule has 0 amide bonds. The maximum absolute atomic E-state index is 12.5. The Kier molecular flexibility index (Phi) is 4.45. The Labute approximate surface area is 116 Å². The maximum atomic E-state index is 12.5. The van der Waals surface area contributed by atoms with Crippen LogP contribution in [0.3, 0.4) is 0 Å². The van der Waals surface area contributed by atoms with Crippen LogP contribution in [-0.4, -0.2) is 37.0 Å². The lowest BCUT2D eigenvalue weighted by Crippen LogP contribution is -2.25. The van der Waals surface area contributed by atoms with E-state index in [0.717, 1.165) is 5.56 Å². The second-order valence-corrected chi connectivity index (χ2v) is 4.32. The molecule has 0 saturated heterocycles. The van der Waals surface area contributed by atoms with Gasteiger partial charge in [-0.25, -0.2) is 18.7 Å². The van der Waals surface area contributed by atoms with Crippen molar-refractivity contribution >= 4 is 11.6 Å². The normalized spacial score (nSPS) is 10.7. The predicted octanol–water partition coefficient (Wildman–Crippen LogP) is 2.89. The van der Waals surface area contributed by atoms with Crippen molar-refractivity contribution in [3.8, 4) is 11.4 Å². The van der Waals surface area contributed by atoms with Crippen molar-refractivity contribution in [2.45, 2.75) is 6.43 Å². The molecule has 0 unspecified atom stereocenters. The van der Waals surface area contributed by atoms with E-state index in [1.807, 2.05) is 30.3 Å². The Bertz CT molecular complexity index is 560. The van der Waals surface area contributed by atoms with E-state index in [2.05, 4.69) is 15.3 Å². The summed E-state index contributed by atoms with van der Waals surface area (Å²) in [6, 6.07) is 11.1. The van der Waals surface area contributed by atoms with Crippen LogP contribution >= 0.6 is 0 Å². The highest BCUT2D eigenvalue weighted by Crippen LogP contribution is 2.21. The number of nitrogens with zero attached hydrogens (tertiary/aromatic N) is 3. The third-order valence-corrected chi connectivity index (χ3v) is 2.80. The van der Waals surface area contributed by atoms with Gasteiger partial charge in [-0.1, -0.05) is 30.3 Å². The van der Waals surface area contributed by atoms with Crippen LogP contribution in [0.15, 0.2) is 36.4 Å². The molecular weight excluding hydrogens is 262 g/mol. The van der Waals surface area contributed by atoms with E-state index in [0.29, 0.717) is 17.5 Å². The number of aromatic nitrogens is 2. The summed E-state index contributed by atoms with van der Waals surface area (Å²) in [6.07, 6.45) is -2.41. The zero-order valence-corrected chi connectivity index (χ0v) is 11.3. The van der Waals surface area contributed by atoms with Crippen molar-refractivity contribution in [3.63, 3.8) is 0 Å². The molecule has 2 rings (SSSR count). The van der Waals surface area contributed by atoms with Crippen molar-refractivity contribution in [3.05, 3.63) is 36.4 Å². The summed E-state index contributed by atoms with van der Waals surface area (Å²) in [5, 5.41) is 2.92. The van der Waals surface area contributed by atoms with Gasteiger partial charge in [0.1, 0.15) is 11.6 Å². The summed E-state index contributed by atoms with van der Waals surface area (Å²) in [6.45, 7) is -0.367. The van der Waals surface area contributed by atoms with Gasteiger partial charge in [-0.3, -0.25) is 0 Å². The summed E-state index contributed by atoms with van der Waals surface area (Å²) in [5.74, 6) is 1.56. The van der Waals surface area contributed by atoms with Gasteiger partial charge in [-0.05, 0) is 0 Å². The quantitative estimate of drug-likeness (QED) is 0.913. The largest absolute Gasteiger partial charge is 0.373 e. The molecule has 1 N–H and O–H groups in total. The Hall–Kier alpha value is -2.24. The summed E-state index contributed by atoms with van der Waals surface area (Å²) in [4.78, 5) is 10.1. The second kappa shape index (κ2) is 6.27. The molecule has 0 aliphatic heterocycles. The molecule has 0 saturated carbocycles. The molecule has 1 aromatic carbocycles. The number of hydrogen-bond acceptors (Lipinski definition) is 4. The van der Waals surface area contributed by atoms with Crippen LogP contribution in [0.4, 0.5) is 20.4 Å². The van der Waals surface area contributed by atoms with E-state index >= 15 is 0 Å². The number of anilines is 2. The number of nitrogens with one attached hydrogen (secondary N) is 1. The molecule has 0 aliphatic rings. The molecular formula is C14H16F2N4. The molecule has 0 spiro atoms. The zero-order valence-electron chi connectivity index (χ0n) is 11.3. The predicted molar refractivity (Wildman–Crippen MR) is 76.3 cm³/mol. The fourth-order valence-electron chi connectivity index (χ4n) is 1.77. The minimum absolute atomic E-state index is 0.367. The SMILES string of the molecule is CNc1cc(N(C)CC(F)F)nc(-c2ccccc2)n1. The first-order valence-corrected chi connectivity index (χ1v) is 6.21. The summed E-state index contributed by atoms with van der Waals surface area (Å²) < 4.78 is 25.0. The highest BCUT2D eigenvalue weighted by Gasteiger charge is 2.13. The first-order valence-electron chi connectivity index (χ1n) is 6.21. The van der Waals surface area contributed by atoms with E-state index in [1.54, 1.807) is 20.2 Å². The molecule has 1 heterocycles. The number of benzene rings is 1. The Morgan fingerprint density at radius 3 is 2.50 bits per heavy atom. The zero-order chi connectivity index (χ0) is 14.5. The number of halogens is 2. The summed E-state index contributed by atoms with van der Waals surface area (Å²) >= 11 is 0. The van der Waals surface area contributed by atoms with Gasteiger partial charge >= 0.3 is 0 Å². The molecule has 20 heavy (non-hydrogen) atoms.